The van der Waals surface area contributed by atoms with E-state index in [-0.39, 0.29) is 11.7 Å². The predicted molar refractivity (Wildman–Crippen MR) is 59.1 cm³/mol. The van der Waals surface area contributed by atoms with E-state index in [1.807, 2.05) is 12.3 Å². The number of aromatic nitrogens is 3. The van der Waals surface area contributed by atoms with E-state index >= 15 is 0 Å². The summed E-state index contributed by atoms with van der Waals surface area (Å²) in [6, 6.07) is 0. The minimum Gasteiger partial charge on any atom is -0.338 e. The molecule has 16 heavy (non-hydrogen) atoms. The van der Waals surface area contributed by atoms with Crippen LogP contribution in [0.4, 0.5) is 0 Å². The molecule has 2 rings (SSSR count). The molecule has 1 atom stereocenters. The Morgan fingerprint density at radius 1 is 1.62 bits per heavy atom. The van der Waals surface area contributed by atoms with Gasteiger partial charge in [-0.15, -0.1) is 11.3 Å². The fourth-order valence-electron chi connectivity index (χ4n) is 1.28. The van der Waals surface area contributed by atoms with E-state index in [9.17, 15) is 4.79 Å². The highest BCUT2D eigenvalue weighted by atomic mass is 32.1. The van der Waals surface area contributed by atoms with Gasteiger partial charge in [-0.3, -0.25) is 4.79 Å². The molecule has 0 aliphatic rings. The molecule has 0 aliphatic carbocycles. The zero-order chi connectivity index (χ0) is 11.5. The predicted octanol–water partition coefficient (Wildman–Crippen LogP) is 2.28. The van der Waals surface area contributed by atoms with Crippen molar-refractivity contribution in [1.29, 1.82) is 0 Å². The maximum atomic E-state index is 11.5. The highest BCUT2D eigenvalue weighted by Crippen LogP contribution is 2.20. The molecule has 2 aromatic heterocycles. The van der Waals surface area contributed by atoms with Crippen molar-refractivity contribution in [2.24, 2.45) is 0 Å². The number of thiazole rings is 1. The second-order valence-corrected chi connectivity index (χ2v) is 4.09. The van der Waals surface area contributed by atoms with Crippen LogP contribution >= 0.6 is 11.3 Å². The zero-order valence-electron chi connectivity index (χ0n) is 9.01. The molecule has 0 radical (unpaired) electrons. The Labute approximate surface area is 96.5 Å². The summed E-state index contributed by atoms with van der Waals surface area (Å²) in [6.07, 6.45) is 0.468. The molecule has 0 saturated carbocycles. The molecule has 84 valence electrons. The smallest absolute Gasteiger partial charge is 0.237 e. The van der Waals surface area contributed by atoms with Gasteiger partial charge in [0.1, 0.15) is 11.5 Å². The second kappa shape index (κ2) is 4.52. The fourth-order valence-corrected chi connectivity index (χ4v) is 1.81. The van der Waals surface area contributed by atoms with Gasteiger partial charge < -0.3 is 4.52 Å². The maximum Gasteiger partial charge on any atom is 0.237 e. The molecule has 0 aliphatic heterocycles. The summed E-state index contributed by atoms with van der Waals surface area (Å²) in [6.45, 7) is 3.58. The Morgan fingerprint density at radius 3 is 3.06 bits per heavy atom. The van der Waals surface area contributed by atoms with Gasteiger partial charge in [0.05, 0.1) is 11.4 Å². The summed E-state index contributed by atoms with van der Waals surface area (Å²) in [5.74, 6) is 0.542. The number of hydrogen-bond donors (Lipinski definition) is 0. The minimum atomic E-state index is -0.343. The van der Waals surface area contributed by atoms with Crippen molar-refractivity contribution in [1.82, 2.24) is 15.1 Å². The molecule has 0 spiro atoms. The first kappa shape index (κ1) is 10.9. The van der Waals surface area contributed by atoms with Gasteiger partial charge in [0.25, 0.3) is 0 Å². The fraction of sp³-hybridized carbons (Fsp3) is 0.400. The molecule has 2 heterocycles. The van der Waals surface area contributed by atoms with Gasteiger partial charge in [-0.25, -0.2) is 4.98 Å². The van der Waals surface area contributed by atoms with Crippen LogP contribution in [0.1, 0.15) is 32.1 Å². The summed E-state index contributed by atoms with van der Waals surface area (Å²) in [5.41, 5.74) is 2.38. The molecule has 0 aromatic carbocycles. The number of ketones is 1. The van der Waals surface area contributed by atoms with Crippen molar-refractivity contribution in [3.8, 4) is 11.5 Å². The van der Waals surface area contributed by atoms with Crippen LogP contribution in [0.15, 0.2) is 15.4 Å². The Balaban J connectivity index is 2.23. The van der Waals surface area contributed by atoms with Crippen LogP contribution in [0.3, 0.4) is 0 Å². The molecule has 0 bridgehead atoms. The summed E-state index contributed by atoms with van der Waals surface area (Å²) >= 11 is 1.46. The van der Waals surface area contributed by atoms with Crippen molar-refractivity contribution in [3.05, 3.63) is 16.8 Å². The van der Waals surface area contributed by atoms with E-state index in [0.29, 0.717) is 23.8 Å². The van der Waals surface area contributed by atoms with Gasteiger partial charge >= 0.3 is 0 Å². The normalized spacial score (nSPS) is 12.6. The second-order valence-electron chi connectivity index (χ2n) is 3.37. The largest absolute Gasteiger partial charge is 0.338 e. The van der Waals surface area contributed by atoms with Gasteiger partial charge in [-0.05, 0) is 6.92 Å². The van der Waals surface area contributed by atoms with Crippen molar-refractivity contribution in [3.63, 3.8) is 0 Å². The van der Waals surface area contributed by atoms with Gasteiger partial charge in [0, 0.05) is 11.8 Å². The van der Waals surface area contributed by atoms with Crippen molar-refractivity contribution < 1.29 is 9.32 Å². The van der Waals surface area contributed by atoms with E-state index in [1.165, 1.54) is 11.3 Å². The van der Waals surface area contributed by atoms with E-state index in [0.717, 1.165) is 0 Å². The standard InChI is InChI=1S/C10H11N3O2S/c1-3-8(14)6(2)10-12-9(13-15-10)7-4-16-5-11-7/h4-6H,3H2,1-2H3. The van der Waals surface area contributed by atoms with E-state index < -0.39 is 0 Å². The molecular weight excluding hydrogens is 226 g/mol. The molecule has 0 saturated heterocycles. The van der Waals surface area contributed by atoms with E-state index in [4.69, 9.17) is 4.52 Å². The van der Waals surface area contributed by atoms with Crippen LogP contribution in [0.2, 0.25) is 0 Å². The monoisotopic (exact) mass is 237 g/mol. The van der Waals surface area contributed by atoms with Crippen LogP contribution in [-0.2, 0) is 4.79 Å². The Bertz CT molecular complexity index is 478. The third kappa shape index (κ3) is 2.01. The van der Waals surface area contributed by atoms with Crippen LogP contribution in [-0.4, -0.2) is 20.9 Å². The number of rotatable bonds is 4. The molecule has 0 amide bonds. The van der Waals surface area contributed by atoms with Crippen LogP contribution in [0, 0.1) is 0 Å². The topological polar surface area (TPSA) is 68.9 Å². The van der Waals surface area contributed by atoms with Gasteiger partial charge in [-0.1, -0.05) is 12.1 Å². The van der Waals surface area contributed by atoms with Crippen LogP contribution in [0.25, 0.3) is 11.5 Å². The first-order valence-electron chi connectivity index (χ1n) is 4.97. The highest BCUT2D eigenvalue weighted by Gasteiger charge is 2.21. The summed E-state index contributed by atoms with van der Waals surface area (Å²) in [7, 11) is 0. The zero-order valence-corrected chi connectivity index (χ0v) is 9.82. The first-order valence-corrected chi connectivity index (χ1v) is 5.91. The molecule has 1 unspecified atom stereocenters. The summed E-state index contributed by atoms with van der Waals surface area (Å²) < 4.78 is 5.06. The number of carbonyl (C=O) groups is 1. The maximum absolute atomic E-state index is 11.5. The molecule has 0 N–H and O–H groups in total. The van der Waals surface area contributed by atoms with Crippen LogP contribution in [0.5, 0.6) is 0 Å². The molecule has 0 fully saturated rings. The number of nitrogens with zero attached hydrogens (tertiary/aromatic N) is 3. The first-order chi connectivity index (χ1) is 7.72. The van der Waals surface area contributed by atoms with E-state index in [1.54, 1.807) is 12.4 Å². The number of hydrogen-bond acceptors (Lipinski definition) is 6. The lowest BCUT2D eigenvalue weighted by Gasteiger charge is -2.00. The van der Waals surface area contributed by atoms with E-state index in [2.05, 4.69) is 15.1 Å². The SMILES string of the molecule is CCC(=O)C(C)c1nc(-c2cscn2)no1. The Hall–Kier alpha value is -1.56. The molecule has 5 nitrogen and oxygen atoms in total. The molecule has 6 heteroatoms. The number of carbonyl (C=O) groups excluding carboxylic acids is 1. The minimum absolute atomic E-state index is 0.0912. The third-order valence-electron chi connectivity index (χ3n) is 2.31. The van der Waals surface area contributed by atoms with Gasteiger partial charge in [0.2, 0.25) is 11.7 Å². The average Bonchev–Trinajstić information content (AvgIpc) is 2.96. The summed E-state index contributed by atoms with van der Waals surface area (Å²) in [5, 5.41) is 5.64. The van der Waals surface area contributed by atoms with Crippen LogP contribution < -0.4 is 0 Å². The van der Waals surface area contributed by atoms with Gasteiger partial charge in [-0.2, -0.15) is 4.98 Å². The van der Waals surface area contributed by atoms with Gasteiger partial charge in [0.15, 0.2) is 0 Å². The average molecular weight is 237 g/mol. The highest BCUT2D eigenvalue weighted by molar-refractivity contribution is 7.07. The lowest BCUT2D eigenvalue weighted by atomic mass is 10.1. The lowest BCUT2D eigenvalue weighted by Crippen LogP contribution is -2.07. The molecular formula is C10H11N3O2S. The number of Topliss-reactive ketones (excluding diaryl/α,β-unsaturated/α-hetero) is 1. The molecule has 2 aromatic rings. The quantitative estimate of drug-likeness (QED) is 0.815. The Kier molecular flexibility index (Phi) is 3.09. The lowest BCUT2D eigenvalue weighted by molar-refractivity contribution is -0.120. The third-order valence-corrected chi connectivity index (χ3v) is 2.89. The van der Waals surface area contributed by atoms with Crippen molar-refractivity contribution in [2.75, 3.05) is 0 Å². The van der Waals surface area contributed by atoms with Crippen molar-refractivity contribution >= 4 is 17.1 Å². The van der Waals surface area contributed by atoms with Crippen molar-refractivity contribution in [2.45, 2.75) is 26.2 Å². The summed E-state index contributed by atoms with van der Waals surface area (Å²) in [4.78, 5) is 19.7. The Morgan fingerprint density at radius 2 is 2.44 bits per heavy atom.